The van der Waals surface area contributed by atoms with Gasteiger partial charge in [-0.15, -0.1) is 0 Å². The molecule has 0 aliphatic carbocycles. The van der Waals surface area contributed by atoms with Crippen molar-refractivity contribution < 1.29 is 19.6 Å². The predicted octanol–water partition coefficient (Wildman–Crippen LogP) is 0.508. The highest BCUT2D eigenvalue weighted by atomic mass is 16.6. The zero-order chi connectivity index (χ0) is 13.7. The molecule has 8 heteroatoms. The summed E-state index contributed by atoms with van der Waals surface area (Å²) in [4.78, 5) is 31.1. The predicted molar refractivity (Wildman–Crippen MR) is 61.5 cm³/mol. The highest BCUT2D eigenvalue weighted by molar-refractivity contribution is 6.01. The van der Waals surface area contributed by atoms with Gasteiger partial charge in [-0.2, -0.15) is 0 Å². The van der Waals surface area contributed by atoms with Crippen molar-refractivity contribution in [3.05, 3.63) is 40.0 Å². The molecule has 0 spiro atoms. The number of primary amides is 1. The molecule has 18 heavy (non-hydrogen) atoms. The van der Waals surface area contributed by atoms with Crippen LogP contribution in [0.3, 0.4) is 0 Å². The Morgan fingerprint density at radius 1 is 1.44 bits per heavy atom. The minimum Gasteiger partial charge on any atom is -0.507 e. The number of nitrogens with one attached hydrogen (secondary N) is 1. The van der Waals surface area contributed by atoms with E-state index in [1.165, 1.54) is 18.2 Å². The van der Waals surface area contributed by atoms with Crippen LogP contribution in [0.2, 0.25) is 0 Å². The summed E-state index contributed by atoms with van der Waals surface area (Å²) < 4.78 is 0. The minimum atomic E-state index is -1.00. The molecule has 4 N–H and O–H groups in total. The molecular weight excluding hydrogens is 242 g/mol. The molecule has 0 saturated heterocycles. The fourth-order valence-electron chi connectivity index (χ4n) is 1.12. The van der Waals surface area contributed by atoms with E-state index in [2.05, 4.69) is 0 Å². The van der Waals surface area contributed by atoms with Gasteiger partial charge < -0.3 is 10.8 Å². The highest BCUT2D eigenvalue weighted by Gasteiger charge is 2.08. The number of phenolic OH excluding ortho intramolecular Hbond substituents is 1. The summed E-state index contributed by atoms with van der Waals surface area (Å²) in [5, 5.41) is 21.7. The van der Waals surface area contributed by atoms with E-state index < -0.39 is 16.9 Å². The van der Waals surface area contributed by atoms with Crippen molar-refractivity contribution in [1.82, 2.24) is 5.32 Å². The molecule has 0 radical (unpaired) electrons. The van der Waals surface area contributed by atoms with Gasteiger partial charge in [0.15, 0.2) is 0 Å². The number of nitro groups is 1. The SMILES string of the molecule is NC(=O)NC(=O)/C=C/c1ccc([N+](=O)[O-])cc1O. The lowest BCUT2D eigenvalue weighted by molar-refractivity contribution is -0.384. The normalized spacial score (nSPS) is 10.2. The Balaban J connectivity index is 2.85. The zero-order valence-corrected chi connectivity index (χ0v) is 8.99. The van der Waals surface area contributed by atoms with E-state index in [-0.39, 0.29) is 17.0 Å². The minimum absolute atomic E-state index is 0.195. The Morgan fingerprint density at radius 2 is 2.11 bits per heavy atom. The van der Waals surface area contributed by atoms with E-state index in [0.717, 1.165) is 12.1 Å². The molecule has 1 aromatic rings. The third kappa shape index (κ3) is 3.59. The van der Waals surface area contributed by atoms with E-state index in [1.54, 1.807) is 5.32 Å². The number of amides is 3. The van der Waals surface area contributed by atoms with Crippen LogP contribution in [0.15, 0.2) is 24.3 Å². The van der Waals surface area contributed by atoms with Crippen molar-refractivity contribution in [2.24, 2.45) is 5.73 Å². The number of phenols is 1. The Kier molecular flexibility index (Phi) is 3.98. The quantitative estimate of drug-likeness (QED) is 0.408. The summed E-state index contributed by atoms with van der Waals surface area (Å²) in [7, 11) is 0. The number of imide groups is 1. The van der Waals surface area contributed by atoms with Crippen LogP contribution in [0, 0.1) is 10.1 Å². The van der Waals surface area contributed by atoms with Crippen LogP contribution in [0.5, 0.6) is 5.75 Å². The molecule has 1 aromatic carbocycles. The number of nitro benzene ring substituents is 1. The summed E-state index contributed by atoms with van der Waals surface area (Å²) in [5.41, 5.74) is 4.64. The lowest BCUT2D eigenvalue weighted by Crippen LogP contribution is -2.33. The van der Waals surface area contributed by atoms with E-state index in [1.807, 2.05) is 0 Å². The first-order valence-corrected chi connectivity index (χ1v) is 4.66. The van der Waals surface area contributed by atoms with Crippen LogP contribution >= 0.6 is 0 Å². The maximum Gasteiger partial charge on any atom is 0.319 e. The van der Waals surface area contributed by atoms with Gasteiger partial charge in [-0.05, 0) is 12.1 Å². The van der Waals surface area contributed by atoms with Crippen molar-refractivity contribution in [3.8, 4) is 5.75 Å². The molecule has 8 nitrogen and oxygen atoms in total. The molecule has 0 atom stereocenters. The first-order valence-electron chi connectivity index (χ1n) is 4.66. The zero-order valence-electron chi connectivity index (χ0n) is 8.99. The fourth-order valence-corrected chi connectivity index (χ4v) is 1.12. The standard InChI is InChI=1S/C10H9N3O5/c11-10(16)12-9(15)4-2-6-1-3-7(13(17)18)5-8(6)14/h1-5,14H,(H3,11,12,15,16)/b4-2+. The van der Waals surface area contributed by atoms with Gasteiger partial charge in [0, 0.05) is 17.7 Å². The summed E-state index contributed by atoms with van der Waals surface area (Å²) in [6, 6.07) is 2.39. The summed E-state index contributed by atoms with van der Waals surface area (Å²) in [6.07, 6.45) is 2.16. The molecule has 3 amide bonds. The first-order chi connectivity index (χ1) is 8.40. The molecule has 0 aliphatic heterocycles. The molecule has 0 unspecified atom stereocenters. The number of urea groups is 1. The fraction of sp³-hybridized carbons (Fsp3) is 0. The van der Waals surface area contributed by atoms with Crippen LogP contribution < -0.4 is 11.1 Å². The van der Waals surface area contributed by atoms with Gasteiger partial charge in [0.05, 0.1) is 11.0 Å². The van der Waals surface area contributed by atoms with Crippen LogP contribution in [-0.4, -0.2) is 22.0 Å². The first kappa shape index (κ1) is 13.2. The third-order valence-electron chi connectivity index (χ3n) is 1.89. The molecule has 0 bridgehead atoms. The Bertz CT molecular complexity index is 538. The van der Waals surface area contributed by atoms with E-state index >= 15 is 0 Å². The van der Waals surface area contributed by atoms with Gasteiger partial charge in [-0.3, -0.25) is 20.2 Å². The maximum absolute atomic E-state index is 11.0. The molecule has 0 fully saturated rings. The lowest BCUT2D eigenvalue weighted by atomic mass is 10.1. The van der Waals surface area contributed by atoms with Gasteiger partial charge in [0.25, 0.3) is 11.6 Å². The van der Waals surface area contributed by atoms with E-state index in [9.17, 15) is 24.8 Å². The van der Waals surface area contributed by atoms with Gasteiger partial charge in [-0.25, -0.2) is 4.79 Å². The average Bonchev–Trinajstić information content (AvgIpc) is 2.26. The van der Waals surface area contributed by atoms with Crippen molar-refractivity contribution in [1.29, 1.82) is 0 Å². The monoisotopic (exact) mass is 251 g/mol. The Labute approximate surface area is 101 Å². The molecule has 0 saturated carbocycles. The Hall–Kier alpha value is -2.90. The van der Waals surface area contributed by atoms with Crippen LogP contribution in [-0.2, 0) is 4.79 Å². The number of aromatic hydroxyl groups is 1. The second kappa shape index (κ2) is 5.43. The number of hydrogen-bond acceptors (Lipinski definition) is 5. The third-order valence-corrected chi connectivity index (χ3v) is 1.89. The molecule has 0 heterocycles. The lowest BCUT2D eigenvalue weighted by Gasteiger charge is -1.99. The smallest absolute Gasteiger partial charge is 0.319 e. The summed E-state index contributed by atoms with van der Waals surface area (Å²) in [5.74, 6) is -1.12. The van der Waals surface area contributed by atoms with E-state index in [0.29, 0.717) is 0 Å². The molecule has 1 rings (SSSR count). The number of carbonyl (C=O) groups excluding carboxylic acids is 2. The Morgan fingerprint density at radius 3 is 2.61 bits per heavy atom. The van der Waals surface area contributed by atoms with Gasteiger partial charge in [0.1, 0.15) is 5.75 Å². The number of nitrogens with zero attached hydrogens (tertiary/aromatic N) is 1. The number of nitrogens with two attached hydrogens (primary N) is 1. The van der Waals surface area contributed by atoms with Crippen molar-refractivity contribution >= 4 is 23.7 Å². The van der Waals surface area contributed by atoms with E-state index in [4.69, 9.17) is 5.73 Å². The van der Waals surface area contributed by atoms with Crippen molar-refractivity contribution in [3.63, 3.8) is 0 Å². The second-order valence-electron chi connectivity index (χ2n) is 3.19. The largest absolute Gasteiger partial charge is 0.507 e. The highest BCUT2D eigenvalue weighted by Crippen LogP contribution is 2.24. The van der Waals surface area contributed by atoms with Crippen molar-refractivity contribution in [2.75, 3.05) is 0 Å². The summed E-state index contributed by atoms with van der Waals surface area (Å²) >= 11 is 0. The number of rotatable bonds is 3. The maximum atomic E-state index is 11.0. The molecule has 0 aliphatic rings. The second-order valence-corrected chi connectivity index (χ2v) is 3.19. The number of hydrogen-bond donors (Lipinski definition) is 3. The van der Waals surface area contributed by atoms with Crippen LogP contribution in [0.25, 0.3) is 6.08 Å². The molecular formula is C10H9N3O5. The number of carbonyl (C=O) groups is 2. The van der Waals surface area contributed by atoms with Crippen LogP contribution in [0.1, 0.15) is 5.56 Å². The number of non-ortho nitro benzene ring substituents is 1. The topological polar surface area (TPSA) is 136 Å². The van der Waals surface area contributed by atoms with Crippen molar-refractivity contribution in [2.45, 2.75) is 0 Å². The van der Waals surface area contributed by atoms with Crippen LogP contribution in [0.4, 0.5) is 10.5 Å². The molecule has 0 aromatic heterocycles. The molecule has 94 valence electrons. The van der Waals surface area contributed by atoms with Gasteiger partial charge in [0.2, 0.25) is 0 Å². The van der Waals surface area contributed by atoms with Gasteiger partial charge >= 0.3 is 6.03 Å². The average molecular weight is 251 g/mol. The number of benzene rings is 1. The summed E-state index contributed by atoms with van der Waals surface area (Å²) in [6.45, 7) is 0. The van der Waals surface area contributed by atoms with Gasteiger partial charge in [-0.1, -0.05) is 0 Å².